The van der Waals surface area contributed by atoms with Crippen LogP contribution in [0.2, 0.25) is 0 Å². The molecule has 2 aromatic rings. The number of hydrogen-bond donors (Lipinski definition) is 3. The van der Waals surface area contributed by atoms with Gasteiger partial charge in [0.1, 0.15) is 34.8 Å². The molecule has 3 N–H and O–H groups in total. The molecule has 21 nitrogen and oxygen atoms in total. The summed E-state index contributed by atoms with van der Waals surface area (Å²) in [6.07, 6.45) is -5.75. The molecule has 0 unspecified atom stereocenters. The zero-order valence-electron chi connectivity index (χ0n) is 52.3. The third kappa shape index (κ3) is 15.1. The van der Waals surface area contributed by atoms with E-state index in [9.17, 15) is 39.3 Å². The van der Waals surface area contributed by atoms with Crippen molar-refractivity contribution in [3.05, 3.63) is 45.7 Å². The van der Waals surface area contributed by atoms with Crippen LogP contribution in [0.15, 0.2) is 29.2 Å². The van der Waals surface area contributed by atoms with Gasteiger partial charge in [-0.15, -0.1) is 0 Å². The summed E-state index contributed by atoms with van der Waals surface area (Å²) < 4.78 is 58.9. The van der Waals surface area contributed by atoms with E-state index in [4.69, 9.17) is 42.6 Å². The molecule has 5 aliphatic rings. The van der Waals surface area contributed by atoms with E-state index in [1.165, 1.54) is 21.1 Å². The predicted molar refractivity (Wildman–Crippen MR) is 312 cm³/mol. The van der Waals surface area contributed by atoms with Gasteiger partial charge < -0.3 is 72.3 Å². The van der Waals surface area contributed by atoms with Gasteiger partial charge in [-0.25, -0.2) is 4.79 Å². The van der Waals surface area contributed by atoms with Gasteiger partial charge >= 0.3 is 17.9 Å². The van der Waals surface area contributed by atoms with Crippen LogP contribution < -0.4 is 5.43 Å². The molecular formula is C63H96N4O17. The van der Waals surface area contributed by atoms with Crippen LogP contribution in [0.5, 0.6) is 0 Å². The summed E-state index contributed by atoms with van der Waals surface area (Å²) in [6.45, 7) is 22.9. The first kappa shape index (κ1) is 67.1. The number of rotatable bonds is 16. The highest BCUT2D eigenvalue weighted by molar-refractivity contribution is 5.94. The number of ether oxygens (including phenoxy) is 9. The Hall–Kier alpha value is -4.41. The van der Waals surface area contributed by atoms with Gasteiger partial charge in [0.15, 0.2) is 18.7 Å². The van der Waals surface area contributed by atoms with Gasteiger partial charge in [-0.05, 0) is 113 Å². The topological polar surface area (TPSA) is 244 Å². The molecule has 0 radical (unpaired) electrons. The molecular weight excluding hydrogens is 1080 g/mol. The minimum Gasteiger partial charge on any atom is -0.462 e. The van der Waals surface area contributed by atoms with E-state index < -0.39 is 114 Å². The number of carbonyl (C=O) groups is 4. The fourth-order valence-corrected chi connectivity index (χ4v) is 13.1. The molecule has 5 heterocycles. The summed E-state index contributed by atoms with van der Waals surface area (Å²) in [6, 6.07) is 5.48. The van der Waals surface area contributed by atoms with Gasteiger partial charge in [0.05, 0.1) is 67.1 Å². The standard InChI is InChI=1S/C63H96N4O17/c1-16-48-63(11,75)55(72)38(5)51(69)36(3)33-61(9,76-14)56(84-60-53(71)47(64(12)13)31-37(4)79-60)39(6)54(40(7)58(73)81-48)83-50-34-62(10,77-15)57(41(8)80-50)82-49(68)24-26-66-29-27-65(28-30-66)25-18-19-42-20-23-46-44(32-42)52(70)45(59(74)78-17-2)35-67(46)43-21-22-43/h20,23,32,35-41,43,47-48,50,53-57,60,71-72,75H,16-17,21-22,24-31,33-34H2,1-15H3/t36-,37-,38+,39+,40-,41+,47+,48-,50+,53-,54+,55-,56-,57+,60+,61-,62-,63-/m1/s1. The second-order valence-corrected chi connectivity index (χ2v) is 25.2. The lowest BCUT2D eigenvalue weighted by Gasteiger charge is -2.50. The smallest absolute Gasteiger partial charge is 0.343 e. The van der Waals surface area contributed by atoms with Crippen LogP contribution in [0.25, 0.3) is 10.9 Å². The van der Waals surface area contributed by atoms with Gasteiger partial charge in [-0.3, -0.25) is 24.1 Å². The van der Waals surface area contributed by atoms with Crippen molar-refractivity contribution in [1.82, 2.24) is 19.3 Å². The number of ketones is 1. The largest absolute Gasteiger partial charge is 0.462 e. The van der Waals surface area contributed by atoms with Crippen LogP contribution in [0.4, 0.5) is 0 Å². The summed E-state index contributed by atoms with van der Waals surface area (Å²) in [5, 5.41) is 35.8. The number of aliphatic hydroxyl groups excluding tert-OH is 2. The van der Waals surface area contributed by atoms with Gasteiger partial charge in [0.25, 0.3) is 0 Å². The number of benzene rings is 1. The first-order valence-electron chi connectivity index (χ1n) is 30.3. The monoisotopic (exact) mass is 1180 g/mol. The molecule has 0 amide bonds. The Morgan fingerprint density at radius 2 is 1.51 bits per heavy atom. The predicted octanol–water partition coefficient (Wildman–Crippen LogP) is 4.88. The quantitative estimate of drug-likeness (QED) is 0.115. The van der Waals surface area contributed by atoms with E-state index in [0.29, 0.717) is 43.5 Å². The molecule has 18 atom stereocenters. The highest BCUT2D eigenvalue weighted by Crippen LogP contribution is 2.43. The average Bonchev–Trinajstić information content (AvgIpc) is 2.06. The lowest BCUT2D eigenvalue weighted by Crippen LogP contribution is -2.61. The molecule has 4 aliphatic heterocycles. The Bertz CT molecular complexity index is 2730. The van der Waals surface area contributed by atoms with Crippen LogP contribution in [0.3, 0.4) is 0 Å². The first-order valence-corrected chi connectivity index (χ1v) is 30.3. The Morgan fingerprint density at radius 3 is 2.13 bits per heavy atom. The molecule has 21 heteroatoms. The third-order valence-corrected chi connectivity index (χ3v) is 18.6. The van der Waals surface area contributed by atoms with Crippen molar-refractivity contribution in [3.63, 3.8) is 0 Å². The average molecular weight is 1180 g/mol. The van der Waals surface area contributed by atoms with Crippen molar-refractivity contribution in [3.8, 4) is 11.8 Å². The number of likely N-dealkylation sites (N-methyl/N-ethyl adjacent to an activating group) is 1. The minimum absolute atomic E-state index is 0.0295. The van der Waals surface area contributed by atoms with E-state index in [1.54, 1.807) is 60.7 Å². The van der Waals surface area contributed by atoms with E-state index in [2.05, 4.69) is 21.6 Å². The maximum atomic E-state index is 14.6. The number of piperazine rings is 1. The Kier molecular flexibility index (Phi) is 22.5. The number of pyridine rings is 1. The summed E-state index contributed by atoms with van der Waals surface area (Å²) in [7, 11) is 6.78. The normalized spacial score (nSPS) is 37.0. The fraction of sp³-hybridized carbons (Fsp3) is 0.762. The maximum Gasteiger partial charge on any atom is 0.343 e. The highest BCUT2D eigenvalue weighted by Gasteiger charge is 2.55. The summed E-state index contributed by atoms with van der Waals surface area (Å²) in [4.78, 5) is 75.2. The number of aromatic nitrogens is 1. The summed E-state index contributed by atoms with van der Waals surface area (Å²) in [5.41, 5.74) is -3.37. The molecule has 0 spiro atoms. The number of hydrogen-bond acceptors (Lipinski definition) is 20. The molecule has 4 saturated heterocycles. The Morgan fingerprint density at radius 1 is 0.857 bits per heavy atom. The van der Waals surface area contributed by atoms with Crippen LogP contribution in [-0.2, 0) is 57.0 Å². The maximum absolute atomic E-state index is 14.6. The van der Waals surface area contributed by atoms with Crippen molar-refractivity contribution in [2.45, 2.75) is 211 Å². The van der Waals surface area contributed by atoms with Crippen molar-refractivity contribution in [2.24, 2.45) is 23.7 Å². The second-order valence-electron chi connectivity index (χ2n) is 25.2. The fourth-order valence-electron chi connectivity index (χ4n) is 13.1. The zero-order chi connectivity index (χ0) is 61.7. The number of aliphatic hydroxyl groups is 3. The highest BCUT2D eigenvalue weighted by atomic mass is 16.7. The van der Waals surface area contributed by atoms with Crippen LogP contribution in [0.1, 0.15) is 143 Å². The lowest BCUT2D eigenvalue weighted by molar-refractivity contribution is -0.320. The minimum atomic E-state index is -2.02. The lowest BCUT2D eigenvalue weighted by atomic mass is 9.74. The molecule has 1 saturated carbocycles. The number of fused-ring (bicyclic) bond motifs is 1. The molecule has 1 aliphatic carbocycles. The van der Waals surface area contributed by atoms with Crippen molar-refractivity contribution < 1.29 is 77.1 Å². The molecule has 470 valence electrons. The molecule has 84 heavy (non-hydrogen) atoms. The van der Waals surface area contributed by atoms with Crippen LogP contribution in [0, 0.1) is 35.5 Å². The van der Waals surface area contributed by atoms with Gasteiger partial charge in [-0.1, -0.05) is 39.5 Å². The SMILES string of the molecule is CCOC(=O)c1cn(C2CC2)c2ccc(C#CCN3CCN(CCC(=O)O[C@H]4[C@H](C)O[C@@H](O[C@H]5[C@H](C)[C@@H](O[C@@H]6O[C@H](C)C[C@H](N(C)C)[C@H]6O)[C@](C)(OC)C[C@@H](C)C(=O)[C@H](C)[C@@H](O)[C@](C)(O)[C@@H](CC)OC(=O)[C@@H]5C)C[C@@]4(C)OC)CC3)cc2c1=O. The van der Waals surface area contributed by atoms with Crippen LogP contribution in [-0.4, -0.2) is 217 Å². The van der Waals surface area contributed by atoms with Gasteiger partial charge in [0.2, 0.25) is 5.43 Å². The summed E-state index contributed by atoms with van der Waals surface area (Å²) in [5.74, 6) is 0.626. The summed E-state index contributed by atoms with van der Waals surface area (Å²) >= 11 is 0. The number of cyclic esters (lactones) is 1. The molecule has 5 fully saturated rings. The first-order chi connectivity index (χ1) is 39.6. The van der Waals surface area contributed by atoms with Crippen molar-refractivity contribution in [1.29, 1.82) is 0 Å². The number of carbonyl (C=O) groups excluding carboxylic acids is 4. The number of esters is 3. The number of methoxy groups -OCH3 is 2. The van der Waals surface area contributed by atoms with Crippen molar-refractivity contribution in [2.75, 3.05) is 74.2 Å². The number of nitrogens with zero attached hydrogens (tertiary/aromatic N) is 4. The Balaban J connectivity index is 1.03. The Labute approximate surface area is 496 Å². The molecule has 7 rings (SSSR count). The molecule has 0 bridgehead atoms. The van der Waals surface area contributed by atoms with E-state index >= 15 is 0 Å². The van der Waals surface area contributed by atoms with E-state index in [0.717, 1.165) is 31.4 Å². The van der Waals surface area contributed by atoms with E-state index in [1.807, 2.05) is 56.5 Å². The van der Waals surface area contributed by atoms with Crippen LogP contribution >= 0.6 is 0 Å². The van der Waals surface area contributed by atoms with Gasteiger partial charge in [0, 0.05) is 100 Å². The van der Waals surface area contributed by atoms with Gasteiger partial charge in [-0.2, -0.15) is 0 Å². The molecule has 1 aromatic carbocycles. The second kappa shape index (κ2) is 28.2. The zero-order valence-corrected chi connectivity index (χ0v) is 52.3. The van der Waals surface area contributed by atoms with E-state index in [-0.39, 0.29) is 67.3 Å². The third-order valence-electron chi connectivity index (χ3n) is 18.6. The van der Waals surface area contributed by atoms with Crippen molar-refractivity contribution >= 4 is 34.6 Å². The number of Topliss-reactive ketones (excluding diaryl/α,β-unsaturated/α-hetero) is 1. The molecule has 1 aromatic heterocycles.